The first-order valence-electron chi connectivity index (χ1n) is 8.54. The maximum Gasteiger partial charge on any atom is 0.254 e. The molecular formula is C20H20N4O. The minimum absolute atomic E-state index is 0.0528. The van der Waals surface area contributed by atoms with E-state index < -0.39 is 0 Å². The third kappa shape index (κ3) is 2.93. The Bertz CT molecular complexity index is 871. The summed E-state index contributed by atoms with van der Waals surface area (Å²) in [6, 6.07) is 16.2. The van der Waals surface area contributed by atoms with Crippen molar-refractivity contribution in [3.63, 3.8) is 0 Å². The van der Waals surface area contributed by atoms with Gasteiger partial charge in [-0.25, -0.2) is 0 Å². The number of carbonyl (C=O) groups is 1. The molecule has 25 heavy (non-hydrogen) atoms. The highest BCUT2D eigenvalue weighted by Crippen LogP contribution is 2.34. The molecule has 0 bridgehead atoms. The third-order valence-electron chi connectivity index (χ3n) is 4.96. The lowest BCUT2D eigenvalue weighted by Crippen LogP contribution is -2.33. The summed E-state index contributed by atoms with van der Waals surface area (Å²) >= 11 is 0. The summed E-state index contributed by atoms with van der Waals surface area (Å²) < 4.78 is 1.81. The zero-order valence-electron chi connectivity index (χ0n) is 14.2. The van der Waals surface area contributed by atoms with Gasteiger partial charge in [0, 0.05) is 18.3 Å². The van der Waals surface area contributed by atoms with Crippen molar-refractivity contribution >= 4 is 5.91 Å². The van der Waals surface area contributed by atoms with Gasteiger partial charge in [-0.3, -0.25) is 9.36 Å². The molecule has 0 saturated heterocycles. The van der Waals surface area contributed by atoms with Gasteiger partial charge in [-0.05, 0) is 54.7 Å². The van der Waals surface area contributed by atoms with Gasteiger partial charge in [-0.15, -0.1) is 10.2 Å². The molecule has 1 heterocycles. The predicted octanol–water partition coefficient (Wildman–Crippen LogP) is 3.42. The molecule has 0 unspecified atom stereocenters. The van der Waals surface area contributed by atoms with Gasteiger partial charge in [0.2, 0.25) is 0 Å². The fraction of sp³-hybridized carbons (Fsp3) is 0.250. The number of nitrogens with zero attached hydrogens (tertiary/aromatic N) is 4. The summed E-state index contributed by atoms with van der Waals surface area (Å²) in [4.78, 5) is 14.8. The van der Waals surface area contributed by atoms with E-state index in [1.807, 2.05) is 40.8 Å². The largest absolute Gasteiger partial charge is 0.335 e. The zero-order valence-corrected chi connectivity index (χ0v) is 14.2. The first-order valence-corrected chi connectivity index (χ1v) is 8.54. The standard InChI is InChI=1S/C20H20N4O/c1-23(19-8-4-6-15-5-2-3-7-18(15)19)20(25)16-9-11-17(12-10-16)24-13-21-22-14-24/h2-3,5,7,9-14,19H,4,6,8H2,1H3/t19-/m1/s1. The van der Waals surface area contributed by atoms with Gasteiger partial charge in [0.25, 0.3) is 5.91 Å². The van der Waals surface area contributed by atoms with Gasteiger partial charge >= 0.3 is 0 Å². The Morgan fingerprint density at radius 3 is 2.56 bits per heavy atom. The van der Waals surface area contributed by atoms with Crippen molar-refractivity contribution in [3.05, 3.63) is 77.9 Å². The number of carbonyl (C=O) groups excluding carboxylic acids is 1. The molecule has 1 atom stereocenters. The van der Waals surface area contributed by atoms with Gasteiger partial charge in [0.15, 0.2) is 0 Å². The molecule has 0 saturated carbocycles. The number of amides is 1. The Hall–Kier alpha value is -2.95. The van der Waals surface area contributed by atoms with Crippen molar-refractivity contribution in [2.45, 2.75) is 25.3 Å². The molecule has 1 aliphatic rings. The minimum Gasteiger partial charge on any atom is -0.335 e. The van der Waals surface area contributed by atoms with E-state index in [4.69, 9.17) is 0 Å². The SMILES string of the molecule is CN(C(=O)c1ccc(-n2cnnc2)cc1)[C@@H]1CCCc2ccccc21. The number of rotatable bonds is 3. The quantitative estimate of drug-likeness (QED) is 0.738. The molecule has 1 amide bonds. The lowest BCUT2D eigenvalue weighted by molar-refractivity contribution is 0.0715. The molecule has 0 spiro atoms. The van der Waals surface area contributed by atoms with Crippen molar-refractivity contribution in [1.29, 1.82) is 0 Å². The minimum atomic E-state index is 0.0528. The van der Waals surface area contributed by atoms with Crippen LogP contribution in [0.3, 0.4) is 0 Å². The second-order valence-corrected chi connectivity index (χ2v) is 6.44. The number of hydrogen-bond acceptors (Lipinski definition) is 3. The Morgan fingerprint density at radius 2 is 1.80 bits per heavy atom. The number of fused-ring (bicyclic) bond motifs is 1. The summed E-state index contributed by atoms with van der Waals surface area (Å²) in [7, 11) is 1.91. The molecule has 5 heteroatoms. The van der Waals surface area contributed by atoms with Crippen LogP contribution in [0.15, 0.2) is 61.2 Å². The molecule has 0 fully saturated rings. The van der Waals surface area contributed by atoms with Crippen LogP contribution >= 0.6 is 0 Å². The lowest BCUT2D eigenvalue weighted by atomic mass is 9.87. The second kappa shape index (κ2) is 6.51. The van der Waals surface area contributed by atoms with E-state index in [0.29, 0.717) is 5.56 Å². The van der Waals surface area contributed by atoms with Crippen LogP contribution < -0.4 is 0 Å². The third-order valence-corrected chi connectivity index (χ3v) is 4.96. The highest BCUT2D eigenvalue weighted by Gasteiger charge is 2.27. The van der Waals surface area contributed by atoms with Crippen LogP contribution in [-0.4, -0.2) is 32.6 Å². The van der Waals surface area contributed by atoms with Crippen LogP contribution in [0.2, 0.25) is 0 Å². The predicted molar refractivity (Wildman–Crippen MR) is 95.6 cm³/mol. The smallest absolute Gasteiger partial charge is 0.254 e. The van der Waals surface area contributed by atoms with E-state index in [1.165, 1.54) is 11.1 Å². The average molecular weight is 332 g/mol. The van der Waals surface area contributed by atoms with Crippen LogP contribution in [0.4, 0.5) is 0 Å². The van der Waals surface area contributed by atoms with Crippen LogP contribution in [0.1, 0.15) is 40.4 Å². The highest BCUT2D eigenvalue weighted by molar-refractivity contribution is 5.94. The molecular weight excluding hydrogens is 312 g/mol. The van der Waals surface area contributed by atoms with Crippen LogP contribution in [0.5, 0.6) is 0 Å². The van der Waals surface area contributed by atoms with Gasteiger partial charge < -0.3 is 4.90 Å². The number of benzene rings is 2. The van der Waals surface area contributed by atoms with E-state index in [0.717, 1.165) is 24.9 Å². The number of aromatic nitrogens is 3. The topological polar surface area (TPSA) is 51.0 Å². The van der Waals surface area contributed by atoms with Crippen molar-refractivity contribution in [2.75, 3.05) is 7.05 Å². The van der Waals surface area contributed by atoms with Gasteiger partial charge in [0.05, 0.1) is 6.04 Å². The van der Waals surface area contributed by atoms with Crippen molar-refractivity contribution < 1.29 is 4.79 Å². The van der Waals surface area contributed by atoms with Crippen LogP contribution in [0.25, 0.3) is 5.69 Å². The Kier molecular flexibility index (Phi) is 4.06. The summed E-state index contributed by atoms with van der Waals surface area (Å²) in [6.45, 7) is 0. The lowest BCUT2D eigenvalue weighted by Gasteiger charge is -2.33. The van der Waals surface area contributed by atoms with Gasteiger partial charge in [0.1, 0.15) is 12.7 Å². The molecule has 4 rings (SSSR count). The van der Waals surface area contributed by atoms with Gasteiger partial charge in [-0.2, -0.15) is 0 Å². The van der Waals surface area contributed by atoms with Crippen LogP contribution in [-0.2, 0) is 6.42 Å². The average Bonchev–Trinajstić information content (AvgIpc) is 3.21. The fourth-order valence-corrected chi connectivity index (χ4v) is 3.59. The van der Waals surface area contributed by atoms with E-state index in [-0.39, 0.29) is 11.9 Å². The second-order valence-electron chi connectivity index (χ2n) is 6.44. The van der Waals surface area contributed by atoms with Gasteiger partial charge in [-0.1, -0.05) is 24.3 Å². The fourth-order valence-electron chi connectivity index (χ4n) is 3.59. The Balaban J connectivity index is 1.57. The molecule has 126 valence electrons. The normalized spacial score (nSPS) is 16.3. The summed E-state index contributed by atoms with van der Waals surface area (Å²) in [5, 5.41) is 7.61. The first kappa shape index (κ1) is 15.6. The maximum atomic E-state index is 12.9. The maximum absolute atomic E-state index is 12.9. The van der Waals surface area contributed by atoms with E-state index in [1.54, 1.807) is 12.7 Å². The van der Waals surface area contributed by atoms with Crippen molar-refractivity contribution in [1.82, 2.24) is 19.7 Å². The number of hydrogen-bond donors (Lipinski definition) is 0. The monoisotopic (exact) mass is 332 g/mol. The van der Waals surface area contributed by atoms with E-state index in [9.17, 15) is 4.79 Å². The first-order chi connectivity index (χ1) is 12.2. The molecule has 5 nitrogen and oxygen atoms in total. The molecule has 0 aliphatic heterocycles. The number of aryl methyl sites for hydroxylation is 1. The summed E-state index contributed by atoms with van der Waals surface area (Å²) in [5.41, 5.74) is 4.28. The highest BCUT2D eigenvalue weighted by atomic mass is 16.2. The molecule has 3 aromatic rings. The van der Waals surface area contributed by atoms with Crippen LogP contribution in [0, 0.1) is 0 Å². The molecule has 0 radical (unpaired) electrons. The molecule has 1 aromatic heterocycles. The Labute approximate surface area is 146 Å². The van der Waals surface area contributed by atoms with Crippen molar-refractivity contribution in [2.24, 2.45) is 0 Å². The van der Waals surface area contributed by atoms with E-state index >= 15 is 0 Å². The molecule has 2 aromatic carbocycles. The van der Waals surface area contributed by atoms with Crippen molar-refractivity contribution in [3.8, 4) is 5.69 Å². The molecule has 1 aliphatic carbocycles. The van der Waals surface area contributed by atoms with E-state index in [2.05, 4.69) is 34.5 Å². The summed E-state index contributed by atoms with van der Waals surface area (Å²) in [6.07, 6.45) is 6.51. The Morgan fingerprint density at radius 1 is 1.08 bits per heavy atom. The zero-order chi connectivity index (χ0) is 17.2. The molecule has 0 N–H and O–H groups in total. The summed E-state index contributed by atoms with van der Waals surface area (Å²) in [5.74, 6) is 0.0528.